The van der Waals surface area contributed by atoms with Gasteiger partial charge in [0.15, 0.2) is 11.5 Å². The first-order valence-electron chi connectivity index (χ1n) is 11.8. The average Bonchev–Trinajstić information content (AvgIpc) is 2.86. The number of ether oxygens (including phenoxy) is 2. The number of anilines is 1. The molecule has 1 fully saturated rings. The highest BCUT2D eigenvalue weighted by atomic mass is 16.6. The van der Waals surface area contributed by atoms with Crippen LogP contribution in [0.3, 0.4) is 0 Å². The van der Waals surface area contributed by atoms with Crippen molar-refractivity contribution in [3.05, 3.63) is 98.6 Å². The molecule has 4 amide bonds. The van der Waals surface area contributed by atoms with Crippen LogP contribution in [0.15, 0.2) is 66.2 Å². The summed E-state index contributed by atoms with van der Waals surface area (Å²) in [7, 11) is 0. The molecule has 1 aliphatic heterocycles. The van der Waals surface area contributed by atoms with E-state index in [1.54, 1.807) is 49.4 Å². The molecule has 0 saturated carbocycles. The number of imide groups is 2. The lowest BCUT2D eigenvalue weighted by Gasteiger charge is -2.27. The number of barbiturate groups is 1. The summed E-state index contributed by atoms with van der Waals surface area (Å²) in [6, 6.07) is 15.4. The van der Waals surface area contributed by atoms with Crippen molar-refractivity contribution in [2.24, 2.45) is 0 Å². The number of carbonyl (C=O) groups excluding carboxylic acids is 3. The summed E-state index contributed by atoms with van der Waals surface area (Å²) < 4.78 is 11.6. The molecule has 0 atom stereocenters. The Hall–Kier alpha value is -4.99. The number of nitrogens with zero attached hydrogens (tertiary/aromatic N) is 2. The number of amides is 4. The number of benzene rings is 3. The second kappa shape index (κ2) is 11.0. The summed E-state index contributed by atoms with van der Waals surface area (Å²) in [5.74, 6) is -0.731. The summed E-state index contributed by atoms with van der Waals surface area (Å²) in [5, 5.41) is 13.1. The summed E-state index contributed by atoms with van der Waals surface area (Å²) in [6.45, 7) is 5.99. The Balaban J connectivity index is 1.59. The van der Waals surface area contributed by atoms with Crippen molar-refractivity contribution in [1.82, 2.24) is 5.32 Å². The minimum atomic E-state index is -0.813. The third-order valence-corrected chi connectivity index (χ3v) is 5.69. The molecule has 38 heavy (non-hydrogen) atoms. The predicted octanol–water partition coefficient (Wildman–Crippen LogP) is 4.86. The zero-order chi connectivity index (χ0) is 27.4. The number of nitro benzene ring substituents is 1. The second-order valence-electron chi connectivity index (χ2n) is 8.66. The van der Waals surface area contributed by atoms with Gasteiger partial charge in [0.25, 0.3) is 17.5 Å². The molecule has 3 aromatic carbocycles. The van der Waals surface area contributed by atoms with Crippen LogP contribution in [0.25, 0.3) is 6.08 Å². The highest BCUT2D eigenvalue weighted by Gasteiger charge is 2.37. The molecule has 0 aromatic heterocycles. The summed E-state index contributed by atoms with van der Waals surface area (Å²) in [5.41, 5.74) is 3.11. The maximum atomic E-state index is 13.3. The SMILES string of the molecule is CCOc1cc(/C=C2\C(=O)NC(=O)N(c3cc(C)cc(C)c3)C2=O)ccc1OCc1ccc([N+](=O)[O-])cc1. The van der Waals surface area contributed by atoms with Gasteiger partial charge in [-0.15, -0.1) is 0 Å². The number of non-ortho nitro benzene ring substituents is 1. The van der Waals surface area contributed by atoms with Gasteiger partial charge in [-0.1, -0.05) is 12.1 Å². The third kappa shape index (κ3) is 5.70. The summed E-state index contributed by atoms with van der Waals surface area (Å²) in [4.78, 5) is 49.7. The van der Waals surface area contributed by atoms with Crippen LogP contribution in [0.1, 0.15) is 29.2 Å². The molecule has 0 aliphatic carbocycles. The lowest BCUT2D eigenvalue weighted by molar-refractivity contribution is -0.384. The van der Waals surface area contributed by atoms with Crippen molar-refractivity contribution < 1.29 is 28.8 Å². The van der Waals surface area contributed by atoms with Crippen LogP contribution in [0, 0.1) is 24.0 Å². The van der Waals surface area contributed by atoms with Crippen LogP contribution in [0.5, 0.6) is 11.5 Å². The van der Waals surface area contributed by atoms with Crippen LogP contribution < -0.4 is 19.7 Å². The van der Waals surface area contributed by atoms with Gasteiger partial charge in [-0.05, 0) is 85.5 Å². The monoisotopic (exact) mass is 515 g/mol. The predicted molar refractivity (Wildman–Crippen MR) is 140 cm³/mol. The standard InChI is InChI=1S/C28H25N3O7/c1-4-37-25-15-20(7-10-24(25)38-16-19-5-8-21(9-6-19)31(35)36)14-23-26(32)29-28(34)30(27(23)33)22-12-17(2)11-18(3)13-22/h5-15H,4,16H2,1-3H3,(H,29,32,34)/b23-14+. The number of carbonyl (C=O) groups is 3. The van der Waals surface area contributed by atoms with E-state index in [-0.39, 0.29) is 17.9 Å². The first-order chi connectivity index (χ1) is 18.2. The molecule has 0 bridgehead atoms. The van der Waals surface area contributed by atoms with Crippen molar-refractivity contribution >= 4 is 35.3 Å². The lowest BCUT2D eigenvalue weighted by Crippen LogP contribution is -2.54. The average molecular weight is 516 g/mol. The quantitative estimate of drug-likeness (QED) is 0.196. The number of aryl methyl sites for hydroxylation is 2. The van der Waals surface area contributed by atoms with E-state index >= 15 is 0 Å². The molecule has 0 spiro atoms. The largest absolute Gasteiger partial charge is 0.490 e. The van der Waals surface area contributed by atoms with Crippen molar-refractivity contribution in [2.45, 2.75) is 27.4 Å². The molecule has 10 heteroatoms. The zero-order valence-corrected chi connectivity index (χ0v) is 21.0. The Labute approximate surface area is 218 Å². The summed E-state index contributed by atoms with van der Waals surface area (Å²) in [6.07, 6.45) is 1.39. The van der Waals surface area contributed by atoms with E-state index < -0.39 is 22.8 Å². The van der Waals surface area contributed by atoms with Gasteiger partial charge in [0.1, 0.15) is 12.2 Å². The number of urea groups is 1. The van der Waals surface area contributed by atoms with Gasteiger partial charge in [0.2, 0.25) is 0 Å². The molecule has 0 radical (unpaired) electrons. The number of rotatable bonds is 8. The van der Waals surface area contributed by atoms with Gasteiger partial charge in [0, 0.05) is 12.1 Å². The highest BCUT2D eigenvalue weighted by Crippen LogP contribution is 2.31. The number of hydrogen-bond donors (Lipinski definition) is 1. The Morgan fingerprint density at radius 3 is 2.24 bits per heavy atom. The van der Waals surface area contributed by atoms with Gasteiger partial charge in [-0.25, -0.2) is 9.69 Å². The molecular weight excluding hydrogens is 490 g/mol. The van der Waals surface area contributed by atoms with E-state index in [4.69, 9.17) is 9.47 Å². The normalized spacial score (nSPS) is 14.4. The van der Waals surface area contributed by atoms with Gasteiger partial charge in [-0.3, -0.25) is 25.0 Å². The van der Waals surface area contributed by atoms with E-state index in [0.717, 1.165) is 21.6 Å². The Morgan fingerprint density at radius 1 is 0.921 bits per heavy atom. The second-order valence-corrected chi connectivity index (χ2v) is 8.66. The van der Waals surface area contributed by atoms with Gasteiger partial charge in [-0.2, -0.15) is 0 Å². The molecule has 1 heterocycles. The topological polar surface area (TPSA) is 128 Å². The fourth-order valence-corrected chi connectivity index (χ4v) is 4.02. The fraction of sp³-hybridized carbons (Fsp3) is 0.179. The molecule has 0 unspecified atom stereocenters. The van der Waals surface area contributed by atoms with Crippen LogP contribution in [0.2, 0.25) is 0 Å². The molecular formula is C28H25N3O7. The zero-order valence-electron chi connectivity index (χ0n) is 21.0. The van der Waals surface area contributed by atoms with E-state index in [9.17, 15) is 24.5 Å². The van der Waals surface area contributed by atoms with E-state index in [0.29, 0.717) is 29.4 Å². The summed E-state index contributed by atoms with van der Waals surface area (Å²) >= 11 is 0. The van der Waals surface area contributed by atoms with E-state index in [2.05, 4.69) is 5.32 Å². The first kappa shape index (κ1) is 26.1. The van der Waals surface area contributed by atoms with Crippen LogP contribution in [-0.4, -0.2) is 29.4 Å². The molecule has 1 saturated heterocycles. The van der Waals surface area contributed by atoms with Crippen LogP contribution in [0.4, 0.5) is 16.2 Å². The lowest BCUT2D eigenvalue weighted by atomic mass is 10.0. The Morgan fingerprint density at radius 2 is 1.61 bits per heavy atom. The van der Waals surface area contributed by atoms with Crippen molar-refractivity contribution in [3.8, 4) is 11.5 Å². The highest BCUT2D eigenvalue weighted by molar-refractivity contribution is 6.39. The van der Waals surface area contributed by atoms with E-state index in [1.807, 2.05) is 19.9 Å². The molecule has 4 rings (SSSR count). The molecule has 10 nitrogen and oxygen atoms in total. The maximum Gasteiger partial charge on any atom is 0.335 e. The molecule has 1 aliphatic rings. The van der Waals surface area contributed by atoms with E-state index in [1.165, 1.54) is 18.2 Å². The molecule has 194 valence electrons. The van der Waals surface area contributed by atoms with Gasteiger partial charge < -0.3 is 9.47 Å². The first-order valence-corrected chi connectivity index (χ1v) is 11.8. The fourth-order valence-electron chi connectivity index (χ4n) is 4.02. The molecule has 1 N–H and O–H groups in total. The minimum Gasteiger partial charge on any atom is -0.490 e. The maximum absolute atomic E-state index is 13.3. The third-order valence-electron chi connectivity index (χ3n) is 5.69. The van der Waals surface area contributed by atoms with Crippen molar-refractivity contribution in [3.63, 3.8) is 0 Å². The Kier molecular flexibility index (Phi) is 7.52. The van der Waals surface area contributed by atoms with Gasteiger partial charge in [0.05, 0.1) is 17.2 Å². The smallest absolute Gasteiger partial charge is 0.335 e. The number of hydrogen-bond acceptors (Lipinski definition) is 7. The van der Waals surface area contributed by atoms with Gasteiger partial charge >= 0.3 is 6.03 Å². The number of nitro groups is 1. The minimum absolute atomic E-state index is 0.0137. The molecule has 3 aromatic rings. The Bertz CT molecular complexity index is 1440. The van der Waals surface area contributed by atoms with Crippen molar-refractivity contribution in [1.29, 1.82) is 0 Å². The number of nitrogens with one attached hydrogen (secondary N) is 1. The van der Waals surface area contributed by atoms with Crippen LogP contribution >= 0.6 is 0 Å². The van der Waals surface area contributed by atoms with Crippen LogP contribution in [-0.2, 0) is 16.2 Å². The van der Waals surface area contributed by atoms with Crippen molar-refractivity contribution in [2.75, 3.05) is 11.5 Å².